The number of carbonyl (C=O) groups is 1. The number of nitrogens with zero attached hydrogens (tertiary/aromatic N) is 2. The van der Waals surface area contributed by atoms with Crippen molar-refractivity contribution in [2.45, 2.75) is 0 Å². The summed E-state index contributed by atoms with van der Waals surface area (Å²) >= 11 is 0. The van der Waals surface area contributed by atoms with E-state index in [1.165, 1.54) is 0 Å². The first kappa shape index (κ1) is 9.91. The highest BCUT2D eigenvalue weighted by atomic mass is 16.4. The molecule has 0 aromatic heterocycles. The van der Waals surface area contributed by atoms with Crippen molar-refractivity contribution in [1.82, 2.24) is 0 Å². The summed E-state index contributed by atoms with van der Waals surface area (Å²) in [5, 5.41) is 14.6. The van der Waals surface area contributed by atoms with Gasteiger partial charge in [-0.1, -0.05) is 23.4 Å². The Bertz CT molecular complexity index is 346. The zero-order valence-electron chi connectivity index (χ0n) is 7.29. The third-order valence-electron chi connectivity index (χ3n) is 1.40. The van der Waals surface area contributed by atoms with Gasteiger partial charge in [0.15, 0.2) is 6.29 Å². The summed E-state index contributed by atoms with van der Waals surface area (Å²) < 4.78 is 0. The highest BCUT2D eigenvalue weighted by Gasteiger charge is 1.91. The molecule has 0 amide bonds. The number of anilines is 1. The van der Waals surface area contributed by atoms with Crippen LogP contribution in [-0.4, -0.2) is 23.4 Å². The predicted molar refractivity (Wildman–Crippen MR) is 53.8 cm³/mol. The average Bonchev–Trinajstić information content (AvgIpc) is 2.25. The molecule has 0 atom stereocenters. The van der Waals surface area contributed by atoms with Crippen LogP contribution in [0.15, 0.2) is 40.6 Å². The number of aldehydes is 1. The largest absolute Gasteiger partial charge is 0.411 e. The summed E-state index contributed by atoms with van der Waals surface area (Å²) in [7, 11) is 0. The molecule has 0 saturated carbocycles. The molecule has 0 spiro atoms. The van der Waals surface area contributed by atoms with E-state index >= 15 is 0 Å². The maximum Gasteiger partial charge on any atom is 0.171 e. The fraction of sp³-hybridized carbons (Fsp3) is 0. The van der Waals surface area contributed by atoms with Crippen LogP contribution in [0.4, 0.5) is 5.69 Å². The number of hydrogen-bond donors (Lipinski definition) is 2. The molecule has 14 heavy (non-hydrogen) atoms. The molecule has 72 valence electrons. The summed E-state index contributed by atoms with van der Waals surface area (Å²) in [5.74, 6) is 0. The van der Waals surface area contributed by atoms with E-state index in [-0.39, 0.29) is 5.71 Å². The molecular weight excluding hydrogens is 182 g/mol. The number of hydrogen-bond acceptors (Lipinski definition) is 5. The second-order valence-electron chi connectivity index (χ2n) is 2.38. The van der Waals surface area contributed by atoms with Gasteiger partial charge in [-0.25, -0.2) is 0 Å². The summed E-state index contributed by atoms with van der Waals surface area (Å²) in [4.78, 5) is 10.3. The van der Waals surface area contributed by atoms with E-state index in [1.807, 2.05) is 18.2 Å². The Labute approximate surface area is 80.7 Å². The molecule has 0 saturated heterocycles. The normalized spacial score (nSPS) is 11.6. The maximum absolute atomic E-state index is 10.3. The minimum atomic E-state index is 0.0105. The molecule has 1 rings (SSSR count). The van der Waals surface area contributed by atoms with Gasteiger partial charge in [0, 0.05) is 0 Å². The number of benzene rings is 1. The van der Waals surface area contributed by atoms with E-state index in [1.54, 1.807) is 12.1 Å². The molecule has 1 aromatic carbocycles. The minimum absolute atomic E-state index is 0.0105. The zero-order chi connectivity index (χ0) is 10.2. The van der Waals surface area contributed by atoms with E-state index in [9.17, 15) is 4.79 Å². The van der Waals surface area contributed by atoms with Gasteiger partial charge in [-0.05, 0) is 12.1 Å². The summed E-state index contributed by atoms with van der Waals surface area (Å²) in [6.07, 6.45) is 1.43. The molecule has 0 bridgehead atoms. The van der Waals surface area contributed by atoms with Crippen LogP contribution in [0.25, 0.3) is 0 Å². The first-order valence-corrected chi connectivity index (χ1v) is 3.88. The molecule has 0 heterocycles. The Kier molecular flexibility index (Phi) is 3.87. The topological polar surface area (TPSA) is 74.0 Å². The number of para-hydroxylation sites is 1. The molecule has 0 aliphatic carbocycles. The van der Waals surface area contributed by atoms with Gasteiger partial charge in [0.05, 0.1) is 11.9 Å². The van der Waals surface area contributed by atoms with Gasteiger partial charge in [0.2, 0.25) is 0 Å². The van der Waals surface area contributed by atoms with Gasteiger partial charge in [-0.2, -0.15) is 5.10 Å². The number of nitrogens with one attached hydrogen (secondary N) is 1. The number of hydrazone groups is 1. The molecule has 0 aliphatic rings. The SMILES string of the molecule is O=CC(/C=N/O)=N/Nc1ccccc1. The quantitative estimate of drug-likeness (QED) is 0.324. The molecule has 0 unspecified atom stereocenters. The first-order chi connectivity index (χ1) is 6.86. The van der Waals surface area contributed by atoms with E-state index in [0.717, 1.165) is 11.9 Å². The lowest BCUT2D eigenvalue weighted by molar-refractivity contribution is -0.102. The fourth-order valence-corrected chi connectivity index (χ4v) is 0.787. The van der Waals surface area contributed by atoms with E-state index < -0.39 is 0 Å². The lowest BCUT2D eigenvalue weighted by Crippen LogP contribution is -2.05. The predicted octanol–water partition coefficient (Wildman–Crippen LogP) is 1.11. The molecule has 5 nitrogen and oxygen atoms in total. The monoisotopic (exact) mass is 191 g/mol. The van der Waals surface area contributed by atoms with Crippen molar-refractivity contribution in [1.29, 1.82) is 0 Å². The van der Waals surface area contributed by atoms with Crippen LogP contribution in [-0.2, 0) is 4.79 Å². The van der Waals surface area contributed by atoms with Gasteiger partial charge in [0.25, 0.3) is 0 Å². The van der Waals surface area contributed by atoms with Crippen molar-refractivity contribution in [3.05, 3.63) is 30.3 Å². The standard InChI is InChI=1S/C9H9N3O2/c13-7-9(6-10-14)12-11-8-4-2-1-3-5-8/h1-7,11,14H/b10-6+,12-9+. The van der Waals surface area contributed by atoms with Crippen molar-refractivity contribution >= 4 is 23.9 Å². The third kappa shape index (κ3) is 3.06. The zero-order valence-corrected chi connectivity index (χ0v) is 7.29. The van der Waals surface area contributed by atoms with Crippen LogP contribution in [0.2, 0.25) is 0 Å². The highest BCUT2D eigenvalue weighted by Crippen LogP contribution is 2.03. The smallest absolute Gasteiger partial charge is 0.171 e. The Balaban J connectivity index is 2.66. The van der Waals surface area contributed by atoms with Crippen LogP contribution in [0.3, 0.4) is 0 Å². The minimum Gasteiger partial charge on any atom is -0.411 e. The Hall–Kier alpha value is -2.17. The van der Waals surface area contributed by atoms with Crippen molar-refractivity contribution in [3.63, 3.8) is 0 Å². The Morgan fingerprint density at radius 3 is 2.64 bits per heavy atom. The van der Waals surface area contributed by atoms with Crippen LogP contribution in [0.5, 0.6) is 0 Å². The highest BCUT2D eigenvalue weighted by molar-refractivity contribution is 6.54. The van der Waals surface area contributed by atoms with Crippen LogP contribution in [0.1, 0.15) is 0 Å². The maximum atomic E-state index is 10.3. The molecule has 0 fully saturated rings. The molecule has 1 aromatic rings. The summed E-state index contributed by atoms with van der Waals surface area (Å²) in [6, 6.07) is 9.12. The van der Waals surface area contributed by atoms with Gasteiger partial charge >= 0.3 is 0 Å². The lowest BCUT2D eigenvalue weighted by Gasteiger charge is -1.98. The van der Waals surface area contributed by atoms with Gasteiger partial charge in [0.1, 0.15) is 5.71 Å². The molecule has 0 radical (unpaired) electrons. The second-order valence-corrected chi connectivity index (χ2v) is 2.38. The molecular formula is C9H9N3O2. The van der Waals surface area contributed by atoms with Crippen LogP contribution in [0, 0.1) is 0 Å². The first-order valence-electron chi connectivity index (χ1n) is 3.88. The number of rotatable bonds is 4. The summed E-state index contributed by atoms with van der Waals surface area (Å²) in [6.45, 7) is 0. The van der Waals surface area contributed by atoms with E-state index in [4.69, 9.17) is 5.21 Å². The van der Waals surface area contributed by atoms with Gasteiger partial charge in [-0.3, -0.25) is 10.2 Å². The van der Waals surface area contributed by atoms with Crippen molar-refractivity contribution in [2.75, 3.05) is 5.43 Å². The van der Waals surface area contributed by atoms with Gasteiger partial charge < -0.3 is 5.21 Å². The molecule has 2 N–H and O–H groups in total. The third-order valence-corrected chi connectivity index (χ3v) is 1.40. The number of carbonyl (C=O) groups excluding carboxylic acids is 1. The van der Waals surface area contributed by atoms with E-state index in [2.05, 4.69) is 15.7 Å². The van der Waals surface area contributed by atoms with Crippen LogP contribution >= 0.6 is 0 Å². The van der Waals surface area contributed by atoms with E-state index in [0.29, 0.717) is 6.29 Å². The molecule has 0 aliphatic heterocycles. The van der Waals surface area contributed by atoms with Crippen molar-refractivity contribution in [2.24, 2.45) is 10.3 Å². The van der Waals surface area contributed by atoms with Crippen LogP contribution < -0.4 is 5.43 Å². The Morgan fingerprint density at radius 1 is 1.36 bits per heavy atom. The molecule has 5 heteroatoms. The van der Waals surface area contributed by atoms with Gasteiger partial charge in [-0.15, -0.1) is 0 Å². The summed E-state index contributed by atoms with van der Waals surface area (Å²) in [5.41, 5.74) is 3.39. The average molecular weight is 191 g/mol. The lowest BCUT2D eigenvalue weighted by atomic mass is 10.3. The Morgan fingerprint density at radius 2 is 2.07 bits per heavy atom. The van der Waals surface area contributed by atoms with Crippen molar-refractivity contribution < 1.29 is 10.0 Å². The second kappa shape index (κ2) is 5.47. The van der Waals surface area contributed by atoms with Crippen molar-refractivity contribution in [3.8, 4) is 0 Å². The fourth-order valence-electron chi connectivity index (χ4n) is 0.787. The number of oxime groups is 1.